The van der Waals surface area contributed by atoms with Gasteiger partial charge in [-0.25, -0.2) is 4.98 Å². The predicted octanol–water partition coefficient (Wildman–Crippen LogP) is 4.77. The fourth-order valence-electron chi connectivity index (χ4n) is 4.19. The lowest BCUT2D eigenvalue weighted by atomic mass is 9.99. The van der Waals surface area contributed by atoms with Gasteiger partial charge in [-0.2, -0.15) is 5.10 Å². The number of benzene rings is 3. The number of hydrogen-bond donors (Lipinski definition) is 2. The zero-order chi connectivity index (χ0) is 21.5. The smallest absolute Gasteiger partial charge is 0.204 e. The van der Waals surface area contributed by atoms with Crippen LogP contribution in [0.5, 0.6) is 0 Å². The molecular weight excluding hydrogens is 398 g/mol. The van der Waals surface area contributed by atoms with Crippen molar-refractivity contribution in [3.63, 3.8) is 0 Å². The summed E-state index contributed by atoms with van der Waals surface area (Å²) in [7, 11) is 0. The highest BCUT2D eigenvalue weighted by molar-refractivity contribution is 6.02. The van der Waals surface area contributed by atoms with Crippen LogP contribution in [0.3, 0.4) is 0 Å². The first kappa shape index (κ1) is 18.5. The van der Waals surface area contributed by atoms with E-state index in [-0.39, 0.29) is 6.04 Å². The van der Waals surface area contributed by atoms with Crippen molar-refractivity contribution < 1.29 is 0 Å². The molecule has 0 spiro atoms. The normalized spacial score (nSPS) is 15.7. The minimum atomic E-state index is 0.218. The Morgan fingerprint density at radius 1 is 0.906 bits per heavy atom. The van der Waals surface area contributed by atoms with Gasteiger partial charge in [0.05, 0.1) is 22.8 Å². The molecule has 3 heterocycles. The third-order valence-corrected chi connectivity index (χ3v) is 5.83. The highest BCUT2D eigenvalue weighted by atomic mass is 15.3. The van der Waals surface area contributed by atoms with E-state index in [1.807, 2.05) is 53.8 Å². The summed E-state index contributed by atoms with van der Waals surface area (Å²) in [5, 5.41) is 16.6. The molecule has 7 nitrogen and oxygen atoms in total. The number of para-hydroxylation sites is 2. The highest BCUT2D eigenvalue weighted by Crippen LogP contribution is 2.27. The van der Waals surface area contributed by atoms with E-state index in [1.54, 1.807) is 0 Å². The number of hydrazone groups is 1. The number of nitrogens with zero attached hydrogens (tertiary/aromatic N) is 5. The first-order valence-corrected chi connectivity index (χ1v) is 10.6. The maximum absolute atomic E-state index is 4.79. The number of aryl methyl sites for hydroxylation is 1. The van der Waals surface area contributed by atoms with Gasteiger partial charge in [0.1, 0.15) is 5.82 Å². The minimum absolute atomic E-state index is 0.218. The second-order valence-electron chi connectivity index (χ2n) is 7.91. The average Bonchev–Trinajstić information content (AvgIpc) is 3.48. The second kappa shape index (κ2) is 7.46. The monoisotopic (exact) mass is 419 g/mol. The van der Waals surface area contributed by atoms with Crippen LogP contribution >= 0.6 is 0 Å². The maximum Gasteiger partial charge on any atom is 0.204 e. The predicted molar refractivity (Wildman–Crippen MR) is 126 cm³/mol. The average molecular weight is 419 g/mol. The molecule has 0 fully saturated rings. The first-order chi connectivity index (χ1) is 15.8. The number of anilines is 2. The summed E-state index contributed by atoms with van der Waals surface area (Å²) in [6, 6.07) is 26.9. The third-order valence-electron chi connectivity index (χ3n) is 5.83. The van der Waals surface area contributed by atoms with Gasteiger partial charge in [0, 0.05) is 12.1 Å². The zero-order valence-electron chi connectivity index (χ0n) is 17.5. The molecule has 0 amide bonds. The summed E-state index contributed by atoms with van der Waals surface area (Å²) in [6.45, 7) is 1.95. The van der Waals surface area contributed by atoms with Gasteiger partial charge >= 0.3 is 0 Å². The van der Waals surface area contributed by atoms with Gasteiger partial charge in [-0.05, 0) is 42.3 Å². The fourth-order valence-corrected chi connectivity index (χ4v) is 4.19. The molecule has 2 aromatic heterocycles. The van der Waals surface area contributed by atoms with E-state index in [1.165, 1.54) is 5.56 Å². The highest BCUT2D eigenvalue weighted by Gasteiger charge is 2.21. The van der Waals surface area contributed by atoms with E-state index < -0.39 is 0 Å². The molecule has 1 atom stereocenters. The number of nitrogens with one attached hydrogen (secondary N) is 2. The lowest BCUT2D eigenvalue weighted by molar-refractivity contribution is 0.620. The summed E-state index contributed by atoms with van der Waals surface area (Å²) < 4.78 is 2.03. The van der Waals surface area contributed by atoms with Crippen LogP contribution in [-0.4, -0.2) is 25.3 Å². The second-order valence-corrected chi connectivity index (χ2v) is 7.91. The summed E-state index contributed by atoms with van der Waals surface area (Å²) in [5.74, 6) is 1.51. The Bertz CT molecular complexity index is 1450. The van der Waals surface area contributed by atoms with Crippen LogP contribution < -0.4 is 10.7 Å². The Morgan fingerprint density at radius 3 is 2.53 bits per heavy atom. The summed E-state index contributed by atoms with van der Waals surface area (Å²) in [4.78, 5) is 4.79. The van der Waals surface area contributed by atoms with Gasteiger partial charge in [0.25, 0.3) is 0 Å². The molecule has 1 aliphatic rings. The van der Waals surface area contributed by atoms with Crippen molar-refractivity contribution in [1.82, 2.24) is 25.0 Å². The van der Waals surface area contributed by atoms with E-state index in [0.717, 1.165) is 40.2 Å². The Kier molecular flexibility index (Phi) is 4.31. The lowest BCUT2D eigenvalue weighted by Crippen LogP contribution is -2.09. The number of fused-ring (bicyclic) bond motifs is 3. The van der Waals surface area contributed by atoms with E-state index in [4.69, 9.17) is 4.98 Å². The summed E-state index contributed by atoms with van der Waals surface area (Å²) >= 11 is 0. The van der Waals surface area contributed by atoms with Crippen LogP contribution in [0.4, 0.5) is 11.5 Å². The zero-order valence-corrected chi connectivity index (χ0v) is 17.5. The molecule has 32 heavy (non-hydrogen) atoms. The molecule has 0 saturated heterocycles. The van der Waals surface area contributed by atoms with E-state index in [0.29, 0.717) is 11.5 Å². The summed E-state index contributed by atoms with van der Waals surface area (Å²) in [5.41, 5.74) is 10.2. The molecule has 0 aliphatic carbocycles. The topological polar surface area (TPSA) is 79.5 Å². The van der Waals surface area contributed by atoms with Crippen molar-refractivity contribution in [2.75, 3.05) is 5.32 Å². The van der Waals surface area contributed by atoms with Crippen LogP contribution in [0.2, 0.25) is 0 Å². The molecule has 5 aromatic rings. The largest absolute Gasteiger partial charge is 0.337 e. The van der Waals surface area contributed by atoms with Gasteiger partial charge in [0.2, 0.25) is 5.65 Å². The fraction of sp³-hybridized carbons (Fsp3) is 0.120. The Morgan fingerprint density at radius 2 is 1.69 bits per heavy atom. The van der Waals surface area contributed by atoms with E-state index >= 15 is 0 Å². The van der Waals surface area contributed by atoms with Crippen LogP contribution in [0.15, 0.2) is 84.0 Å². The Hall–Kier alpha value is -4.26. The van der Waals surface area contributed by atoms with E-state index in [9.17, 15) is 0 Å². The van der Waals surface area contributed by atoms with Crippen LogP contribution in [-0.2, 0) is 0 Å². The number of rotatable bonds is 4. The molecule has 0 radical (unpaired) electrons. The molecule has 156 valence electrons. The molecule has 2 N–H and O–H groups in total. The quantitative estimate of drug-likeness (QED) is 0.439. The maximum atomic E-state index is 4.79. The Labute approximate surface area is 184 Å². The number of hydrogen-bond acceptors (Lipinski definition) is 6. The SMILES string of the molecule is Cc1nnc2c(Nc3ccc(C4=NNC(c5ccccc5)C4)cc3)nc3ccccc3n12. The molecular formula is C25H21N7. The molecule has 1 unspecified atom stereocenters. The van der Waals surface area contributed by atoms with Gasteiger partial charge in [-0.15, -0.1) is 10.2 Å². The van der Waals surface area contributed by atoms with E-state index in [2.05, 4.69) is 62.4 Å². The van der Waals surface area contributed by atoms with Crippen LogP contribution in [0.25, 0.3) is 16.7 Å². The van der Waals surface area contributed by atoms with Crippen molar-refractivity contribution in [2.45, 2.75) is 19.4 Å². The van der Waals surface area contributed by atoms with Gasteiger partial charge in [0.15, 0.2) is 5.82 Å². The third kappa shape index (κ3) is 3.15. The minimum Gasteiger partial charge on any atom is -0.337 e. The van der Waals surface area contributed by atoms with Crippen LogP contribution in [0.1, 0.15) is 29.4 Å². The van der Waals surface area contributed by atoms with Crippen molar-refractivity contribution in [1.29, 1.82) is 0 Å². The summed E-state index contributed by atoms with van der Waals surface area (Å²) in [6.07, 6.45) is 0.864. The standard InChI is InChI=1S/C25H21N7/c1-16-28-31-25-24(27-20-9-5-6-10-23(20)32(16)25)26-19-13-11-18(12-14-19)22-15-21(29-30-22)17-7-3-2-4-8-17/h2-14,21,29H,15H2,1H3,(H,26,27). The van der Waals surface area contributed by atoms with Gasteiger partial charge in [-0.1, -0.05) is 54.6 Å². The molecule has 0 saturated carbocycles. The number of aromatic nitrogens is 4. The molecule has 3 aromatic carbocycles. The molecule has 1 aliphatic heterocycles. The van der Waals surface area contributed by atoms with Gasteiger partial charge in [-0.3, -0.25) is 4.40 Å². The molecule has 6 rings (SSSR count). The van der Waals surface area contributed by atoms with Crippen molar-refractivity contribution >= 4 is 33.9 Å². The first-order valence-electron chi connectivity index (χ1n) is 10.6. The van der Waals surface area contributed by atoms with Gasteiger partial charge < -0.3 is 10.7 Å². The van der Waals surface area contributed by atoms with Crippen molar-refractivity contribution in [3.8, 4) is 0 Å². The molecule has 7 heteroatoms. The Balaban J connectivity index is 1.26. The van der Waals surface area contributed by atoms with Crippen molar-refractivity contribution in [2.24, 2.45) is 5.10 Å². The lowest BCUT2D eigenvalue weighted by Gasteiger charge is -2.11. The molecule has 0 bridgehead atoms. The van der Waals surface area contributed by atoms with Crippen molar-refractivity contribution in [3.05, 3.63) is 95.8 Å². The van der Waals surface area contributed by atoms with Crippen LogP contribution in [0, 0.1) is 6.92 Å².